The molecule has 0 fully saturated rings. The summed E-state index contributed by atoms with van der Waals surface area (Å²) in [5.74, 6) is 0.716. The topological polar surface area (TPSA) is 38.3 Å². The van der Waals surface area contributed by atoms with Gasteiger partial charge in [0, 0.05) is 5.56 Å². The Balaban J connectivity index is 2.15. The maximum Gasteiger partial charge on any atom is 0.251 e. The summed E-state index contributed by atoms with van der Waals surface area (Å²) in [6, 6.07) is 15.5. The average Bonchev–Trinajstić information content (AvgIpc) is 2.53. The van der Waals surface area contributed by atoms with Crippen molar-refractivity contribution in [3.8, 4) is 5.75 Å². The summed E-state index contributed by atoms with van der Waals surface area (Å²) < 4.78 is 6.14. The van der Waals surface area contributed by atoms with Crippen LogP contribution in [0.1, 0.15) is 35.3 Å². The molecule has 0 radical (unpaired) electrons. The lowest BCUT2D eigenvalue weighted by Crippen LogP contribution is -2.28. The first-order chi connectivity index (χ1) is 10.2. The summed E-state index contributed by atoms with van der Waals surface area (Å²) in [6.07, 6.45) is 0.850. The number of rotatable bonds is 5. The fourth-order valence-electron chi connectivity index (χ4n) is 2.16. The molecule has 2 aromatic carbocycles. The summed E-state index contributed by atoms with van der Waals surface area (Å²) in [7, 11) is 1.62. The molecular formula is C17H18INO2. The van der Waals surface area contributed by atoms with Crippen LogP contribution in [0.3, 0.4) is 0 Å². The van der Waals surface area contributed by atoms with Crippen LogP contribution in [0.15, 0.2) is 48.5 Å². The van der Waals surface area contributed by atoms with Crippen LogP contribution in [-0.2, 0) is 0 Å². The van der Waals surface area contributed by atoms with E-state index in [0.29, 0.717) is 5.56 Å². The van der Waals surface area contributed by atoms with Gasteiger partial charge in [0.1, 0.15) is 5.75 Å². The molecule has 1 unspecified atom stereocenters. The lowest BCUT2D eigenvalue weighted by atomic mass is 10.0. The highest BCUT2D eigenvalue weighted by Crippen LogP contribution is 2.22. The van der Waals surface area contributed by atoms with E-state index in [4.69, 9.17) is 4.74 Å². The number of hydrogen-bond donors (Lipinski definition) is 1. The molecule has 0 saturated carbocycles. The minimum absolute atomic E-state index is 0.0264. The maximum absolute atomic E-state index is 12.4. The zero-order chi connectivity index (χ0) is 15.2. The van der Waals surface area contributed by atoms with E-state index in [9.17, 15) is 4.79 Å². The molecule has 3 nitrogen and oxygen atoms in total. The standard InChI is InChI=1S/C17H18INO2/c1-3-15(12-7-5-4-6-8-12)19-17(20)13-9-10-16(21-2)14(18)11-13/h4-11,15H,3H2,1-2H3,(H,19,20). The van der Waals surface area contributed by atoms with E-state index in [1.165, 1.54) is 0 Å². The Morgan fingerprint density at radius 1 is 1.24 bits per heavy atom. The van der Waals surface area contributed by atoms with Gasteiger partial charge in [-0.1, -0.05) is 37.3 Å². The minimum Gasteiger partial charge on any atom is -0.496 e. The molecular weight excluding hydrogens is 377 g/mol. The lowest BCUT2D eigenvalue weighted by Gasteiger charge is -2.17. The number of amides is 1. The van der Waals surface area contributed by atoms with Gasteiger partial charge < -0.3 is 10.1 Å². The first-order valence-electron chi connectivity index (χ1n) is 6.85. The highest BCUT2D eigenvalue weighted by atomic mass is 127. The van der Waals surface area contributed by atoms with Gasteiger partial charge in [0.25, 0.3) is 5.91 Å². The SMILES string of the molecule is CCC(NC(=O)c1ccc(OC)c(I)c1)c1ccccc1. The van der Waals surface area contributed by atoms with Gasteiger partial charge in [0.2, 0.25) is 0 Å². The van der Waals surface area contributed by atoms with Gasteiger partial charge in [-0.25, -0.2) is 0 Å². The van der Waals surface area contributed by atoms with E-state index in [1.807, 2.05) is 42.5 Å². The second-order valence-electron chi connectivity index (χ2n) is 4.69. The number of ether oxygens (including phenoxy) is 1. The largest absolute Gasteiger partial charge is 0.496 e. The Kier molecular flexibility index (Phi) is 5.61. The van der Waals surface area contributed by atoms with Gasteiger partial charge >= 0.3 is 0 Å². The summed E-state index contributed by atoms with van der Waals surface area (Å²) in [6.45, 7) is 2.07. The van der Waals surface area contributed by atoms with Crippen molar-refractivity contribution in [2.24, 2.45) is 0 Å². The van der Waals surface area contributed by atoms with E-state index in [0.717, 1.165) is 21.3 Å². The molecule has 0 aliphatic rings. The van der Waals surface area contributed by atoms with Crippen LogP contribution in [0, 0.1) is 3.57 Å². The Morgan fingerprint density at radius 3 is 2.52 bits per heavy atom. The smallest absolute Gasteiger partial charge is 0.251 e. The number of benzene rings is 2. The van der Waals surface area contributed by atoms with Gasteiger partial charge in [0.15, 0.2) is 0 Å². The Hall–Kier alpha value is -1.56. The van der Waals surface area contributed by atoms with Gasteiger partial charge in [-0.05, 0) is 52.8 Å². The predicted octanol–water partition coefficient (Wildman–Crippen LogP) is 4.18. The third-order valence-electron chi connectivity index (χ3n) is 3.33. The van der Waals surface area contributed by atoms with E-state index in [1.54, 1.807) is 13.2 Å². The van der Waals surface area contributed by atoms with Crippen molar-refractivity contribution in [2.75, 3.05) is 7.11 Å². The van der Waals surface area contributed by atoms with Crippen molar-refractivity contribution in [1.29, 1.82) is 0 Å². The Bertz CT molecular complexity index is 613. The van der Waals surface area contributed by atoms with Crippen molar-refractivity contribution < 1.29 is 9.53 Å². The third-order valence-corrected chi connectivity index (χ3v) is 4.17. The average molecular weight is 395 g/mol. The molecule has 1 amide bonds. The summed E-state index contributed by atoms with van der Waals surface area (Å²) in [5.41, 5.74) is 1.77. The summed E-state index contributed by atoms with van der Waals surface area (Å²) in [4.78, 5) is 12.4. The highest BCUT2D eigenvalue weighted by molar-refractivity contribution is 14.1. The van der Waals surface area contributed by atoms with Crippen molar-refractivity contribution >= 4 is 28.5 Å². The van der Waals surface area contributed by atoms with Crippen LogP contribution >= 0.6 is 22.6 Å². The lowest BCUT2D eigenvalue weighted by molar-refractivity contribution is 0.0935. The number of halogens is 1. The van der Waals surface area contributed by atoms with Crippen molar-refractivity contribution in [1.82, 2.24) is 5.32 Å². The Morgan fingerprint density at radius 2 is 1.95 bits per heavy atom. The number of nitrogens with one attached hydrogen (secondary N) is 1. The zero-order valence-electron chi connectivity index (χ0n) is 12.1. The summed E-state index contributed by atoms with van der Waals surface area (Å²) in [5, 5.41) is 3.08. The molecule has 2 rings (SSSR count). The fraction of sp³-hybridized carbons (Fsp3) is 0.235. The molecule has 0 aromatic heterocycles. The van der Waals surface area contributed by atoms with Gasteiger partial charge in [-0.2, -0.15) is 0 Å². The van der Waals surface area contributed by atoms with E-state index >= 15 is 0 Å². The molecule has 2 aromatic rings. The molecule has 0 heterocycles. The first kappa shape index (κ1) is 15.8. The predicted molar refractivity (Wildman–Crippen MR) is 92.7 cm³/mol. The molecule has 1 N–H and O–H groups in total. The van der Waals surface area contributed by atoms with Gasteiger partial charge in [0.05, 0.1) is 16.7 Å². The number of hydrogen-bond acceptors (Lipinski definition) is 2. The number of methoxy groups -OCH3 is 1. The quantitative estimate of drug-likeness (QED) is 0.772. The first-order valence-corrected chi connectivity index (χ1v) is 7.93. The normalized spacial score (nSPS) is 11.8. The molecule has 110 valence electrons. The van der Waals surface area contributed by atoms with Crippen molar-refractivity contribution in [2.45, 2.75) is 19.4 Å². The molecule has 0 spiro atoms. The number of carbonyl (C=O) groups excluding carboxylic acids is 1. The van der Waals surface area contributed by atoms with E-state index in [2.05, 4.69) is 34.8 Å². The fourth-order valence-corrected chi connectivity index (χ4v) is 2.89. The minimum atomic E-state index is -0.0636. The van der Waals surface area contributed by atoms with Crippen LogP contribution in [-0.4, -0.2) is 13.0 Å². The van der Waals surface area contributed by atoms with E-state index < -0.39 is 0 Å². The number of carbonyl (C=O) groups is 1. The third kappa shape index (κ3) is 3.97. The van der Waals surface area contributed by atoms with Crippen LogP contribution in [0.2, 0.25) is 0 Å². The van der Waals surface area contributed by atoms with Gasteiger partial charge in [-0.15, -0.1) is 0 Å². The van der Waals surface area contributed by atoms with Crippen LogP contribution in [0.25, 0.3) is 0 Å². The van der Waals surface area contributed by atoms with Crippen LogP contribution in [0.4, 0.5) is 0 Å². The molecule has 0 aliphatic carbocycles. The van der Waals surface area contributed by atoms with Crippen LogP contribution in [0.5, 0.6) is 5.75 Å². The highest BCUT2D eigenvalue weighted by Gasteiger charge is 2.14. The zero-order valence-corrected chi connectivity index (χ0v) is 14.3. The molecule has 0 aliphatic heterocycles. The monoisotopic (exact) mass is 395 g/mol. The van der Waals surface area contributed by atoms with Crippen molar-refractivity contribution in [3.63, 3.8) is 0 Å². The molecule has 4 heteroatoms. The van der Waals surface area contributed by atoms with Crippen molar-refractivity contribution in [3.05, 3.63) is 63.2 Å². The molecule has 0 saturated heterocycles. The molecule has 0 bridgehead atoms. The summed E-state index contributed by atoms with van der Waals surface area (Å²) >= 11 is 2.17. The molecule has 1 atom stereocenters. The van der Waals surface area contributed by atoms with E-state index in [-0.39, 0.29) is 11.9 Å². The Labute approximate surface area is 138 Å². The maximum atomic E-state index is 12.4. The van der Waals surface area contributed by atoms with Gasteiger partial charge in [-0.3, -0.25) is 4.79 Å². The second kappa shape index (κ2) is 7.45. The van der Waals surface area contributed by atoms with Crippen LogP contribution < -0.4 is 10.1 Å². The molecule has 21 heavy (non-hydrogen) atoms. The second-order valence-corrected chi connectivity index (χ2v) is 5.86.